The minimum absolute atomic E-state index is 0.0686. The fourth-order valence-corrected chi connectivity index (χ4v) is 3.76. The summed E-state index contributed by atoms with van der Waals surface area (Å²) in [6.07, 6.45) is 4.31. The van der Waals surface area contributed by atoms with E-state index in [1.807, 2.05) is 54.6 Å². The van der Waals surface area contributed by atoms with Crippen molar-refractivity contribution in [1.29, 1.82) is 0 Å². The number of carbonyl (C=O) groups is 2. The average molecular weight is 355 g/mol. The van der Waals surface area contributed by atoms with Crippen molar-refractivity contribution in [2.24, 2.45) is 0 Å². The van der Waals surface area contributed by atoms with Crippen LogP contribution in [0.3, 0.4) is 0 Å². The first-order chi connectivity index (χ1) is 13.2. The van der Waals surface area contributed by atoms with E-state index in [-0.39, 0.29) is 11.8 Å². The summed E-state index contributed by atoms with van der Waals surface area (Å²) >= 11 is 0. The number of carbonyl (C=O) groups excluding carboxylic acids is 2. The van der Waals surface area contributed by atoms with Gasteiger partial charge < -0.3 is 15.6 Å². The minimum Gasteiger partial charge on any atom is -0.361 e. The standard InChI is InChI=1S/C22H17N3O2/c26-21-18-12-24-19(16(18)8-9-23-21)11-17-15-7-6-14(10-20(15)25-22(17)27)13-4-2-1-3-5-13/h1-7,10-12,24H,8-9H2,(H,23,26)(H,25,27). The molecule has 0 atom stereocenters. The van der Waals surface area contributed by atoms with E-state index in [1.165, 1.54) is 0 Å². The Balaban J connectivity index is 1.56. The Morgan fingerprint density at radius 3 is 2.59 bits per heavy atom. The molecule has 2 amide bonds. The van der Waals surface area contributed by atoms with Gasteiger partial charge in [0.15, 0.2) is 0 Å². The number of rotatable bonds is 2. The van der Waals surface area contributed by atoms with E-state index < -0.39 is 0 Å². The molecule has 0 radical (unpaired) electrons. The number of H-pyrrole nitrogens is 1. The summed E-state index contributed by atoms with van der Waals surface area (Å²) in [6.45, 7) is 0.614. The number of hydrogen-bond donors (Lipinski definition) is 3. The maximum Gasteiger partial charge on any atom is 0.256 e. The summed E-state index contributed by atoms with van der Waals surface area (Å²) in [7, 11) is 0. The van der Waals surface area contributed by atoms with Crippen molar-refractivity contribution in [2.75, 3.05) is 11.9 Å². The molecule has 0 spiro atoms. The summed E-state index contributed by atoms with van der Waals surface area (Å²) in [6, 6.07) is 16.1. The molecule has 3 N–H and O–H groups in total. The maximum absolute atomic E-state index is 12.6. The van der Waals surface area contributed by atoms with Gasteiger partial charge in [-0.3, -0.25) is 9.59 Å². The monoisotopic (exact) mass is 355 g/mol. The van der Waals surface area contributed by atoms with E-state index in [0.29, 0.717) is 17.7 Å². The van der Waals surface area contributed by atoms with Gasteiger partial charge in [0.25, 0.3) is 11.8 Å². The van der Waals surface area contributed by atoms with Crippen LogP contribution in [-0.4, -0.2) is 23.3 Å². The molecule has 27 heavy (non-hydrogen) atoms. The molecule has 3 heterocycles. The zero-order valence-corrected chi connectivity index (χ0v) is 14.5. The van der Waals surface area contributed by atoms with E-state index in [0.717, 1.165) is 40.1 Å². The number of fused-ring (bicyclic) bond motifs is 2. The van der Waals surface area contributed by atoms with E-state index in [4.69, 9.17) is 0 Å². The second-order valence-corrected chi connectivity index (χ2v) is 6.74. The average Bonchev–Trinajstić information content (AvgIpc) is 3.24. The van der Waals surface area contributed by atoms with Crippen molar-refractivity contribution in [2.45, 2.75) is 6.42 Å². The minimum atomic E-state index is -0.126. The van der Waals surface area contributed by atoms with Crippen LogP contribution < -0.4 is 10.6 Å². The second kappa shape index (κ2) is 5.99. The first-order valence-electron chi connectivity index (χ1n) is 8.92. The Morgan fingerprint density at radius 1 is 0.889 bits per heavy atom. The lowest BCUT2D eigenvalue weighted by molar-refractivity contribution is -0.110. The van der Waals surface area contributed by atoms with Gasteiger partial charge in [0, 0.05) is 29.7 Å². The first kappa shape index (κ1) is 15.6. The number of hydrogen-bond acceptors (Lipinski definition) is 2. The Bertz CT molecular complexity index is 1110. The van der Waals surface area contributed by atoms with Gasteiger partial charge in [-0.2, -0.15) is 0 Å². The third-order valence-electron chi connectivity index (χ3n) is 5.13. The molecule has 0 saturated heterocycles. The van der Waals surface area contributed by atoms with Crippen molar-refractivity contribution >= 4 is 29.2 Å². The molecule has 2 aliphatic heterocycles. The fraction of sp³-hybridized carbons (Fsp3) is 0.0909. The highest BCUT2D eigenvalue weighted by Gasteiger charge is 2.26. The molecule has 0 fully saturated rings. The van der Waals surface area contributed by atoms with Crippen molar-refractivity contribution in [3.05, 3.63) is 77.1 Å². The van der Waals surface area contributed by atoms with Gasteiger partial charge in [-0.1, -0.05) is 42.5 Å². The first-order valence-corrected chi connectivity index (χ1v) is 8.92. The molecule has 0 saturated carbocycles. The van der Waals surface area contributed by atoms with Crippen LogP contribution in [0.2, 0.25) is 0 Å². The molecular weight excluding hydrogens is 338 g/mol. The molecule has 2 aliphatic rings. The third-order valence-corrected chi connectivity index (χ3v) is 5.13. The zero-order valence-electron chi connectivity index (χ0n) is 14.5. The number of benzene rings is 2. The van der Waals surface area contributed by atoms with Crippen LogP contribution in [0.15, 0.2) is 54.7 Å². The number of nitrogens with one attached hydrogen (secondary N) is 3. The van der Waals surface area contributed by atoms with Crippen molar-refractivity contribution in [3.63, 3.8) is 0 Å². The second-order valence-electron chi connectivity index (χ2n) is 6.74. The number of aromatic amines is 1. The number of anilines is 1. The van der Waals surface area contributed by atoms with Crippen molar-refractivity contribution in [3.8, 4) is 11.1 Å². The lowest BCUT2D eigenvalue weighted by Crippen LogP contribution is -2.31. The van der Waals surface area contributed by atoms with E-state index >= 15 is 0 Å². The van der Waals surface area contributed by atoms with Crippen LogP contribution in [0.25, 0.3) is 22.8 Å². The fourth-order valence-electron chi connectivity index (χ4n) is 3.76. The molecule has 0 unspecified atom stereocenters. The molecule has 5 rings (SSSR count). The Kier molecular flexibility index (Phi) is 3.47. The summed E-state index contributed by atoms with van der Waals surface area (Å²) < 4.78 is 0. The predicted molar refractivity (Wildman–Crippen MR) is 105 cm³/mol. The summed E-state index contributed by atoms with van der Waals surface area (Å²) in [4.78, 5) is 27.6. The lowest BCUT2D eigenvalue weighted by atomic mass is 9.98. The van der Waals surface area contributed by atoms with Gasteiger partial charge in [0.05, 0.1) is 11.1 Å². The largest absolute Gasteiger partial charge is 0.361 e. The highest BCUT2D eigenvalue weighted by atomic mass is 16.2. The Labute approximate surface area is 156 Å². The predicted octanol–water partition coefficient (Wildman–Crippen LogP) is 3.46. The maximum atomic E-state index is 12.6. The van der Waals surface area contributed by atoms with Crippen LogP contribution in [-0.2, 0) is 11.2 Å². The molecule has 3 aromatic rings. The van der Waals surface area contributed by atoms with Gasteiger partial charge in [0.2, 0.25) is 0 Å². The third kappa shape index (κ3) is 2.56. The molecule has 0 bridgehead atoms. The van der Waals surface area contributed by atoms with Crippen LogP contribution in [0.4, 0.5) is 5.69 Å². The normalized spacial score (nSPS) is 16.7. The Morgan fingerprint density at radius 2 is 1.74 bits per heavy atom. The van der Waals surface area contributed by atoms with E-state index in [2.05, 4.69) is 15.6 Å². The highest BCUT2D eigenvalue weighted by Crippen LogP contribution is 2.36. The summed E-state index contributed by atoms with van der Waals surface area (Å²) in [5, 5.41) is 5.79. The van der Waals surface area contributed by atoms with E-state index in [1.54, 1.807) is 6.20 Å². The summed E-state index contributed by atoms with van der Waals surface area (Å²) in [5.41, 5.74) is 6.92. The molecule has 1 aromatic heterocycles. The molecule has 0 aliphatic carbocycles. The van der Waals surface area contributed by atoms with Gasteiger partial charge >= 0.3 is 0 Å². The van der Waals surface area contributed by atoms with Crippen molar-refractivity contribution < 1.29 is 9.59 Å². The zero-order chi connectivity index (χ0) is 18.4. The van der Waals surface area contributed by atoms with Crippen molar-refractivity contribution in [1.82, 2.24) is 10.3 Å². The van der Waals surface area contributed by atoms with Crippen LogP contribution >= 0.6 is 0 Å². The molecule has 5 heteroatoms. The van der Waals surface area contributed by atoms with Crippen LogP contribution in [0.1, 0.15) is 27.2 Å². The highest BCUT2D eigenvalue weighted by molar-refractivity contribution is 6.35. The lowest BCUT2D eigenvalue weighted by Gasteiger charge is -2.12. The molecular formula is C22H17N3O2. The van der Waals surface area contributed by atoms with Gasteiger partial charge in [0.1, 0.15) is 0 Å². The molecule has 132 valence electrons. The van der Waals surface area contributed by atoms with E-state index in [9.17, 15) is 9.59 Å². The smallest absolute Gasteiger partial charge is 0.256 e. The Hall–Kier alpha value is -3.60. The van der Waals surface area contributed by atoms with Gasteiger partial charge in [-0.05, 0) is 35.3 Å². The number of aromatic nitrogens is 1. The number of amides is 2. The van der Waals surface area contributed by atoms with Crippen LogP contribution in [0.5, 0.6) is 0 Å². The molecule has 5 nitrogen and oxygen atoms in total. The quantitative estimate of drug-likeness (QED) is 0.616. The summed E-state index contributed by atoms with van der Waals surface area (Å²) in [5.74, 6) is -0.195. The SMILES string of the molecule is O=C1Nc2cc(-c3ccccc3)ccc2C1=Cc1[nH]cc2c1CCNC2=O. The van der Waals surface area contributed by atoms with Crippen LogP contribution in [0, 0.1) is 0 Å². The van der Waals surface area contributed by atoms with Gasteiger partial charge in [-0.25, -0.2) is 0 Å². The van der Waals surface area contributed by atoms with Gasteiger partial charge in [-0.15, -0.1) is 0 Å². The molecule has 2 aromatic carbocycles. The topological polar surface area (TPSA) is 74.0 Å².